The van der Waals surface area contributed by atoms with Crippen molar-refractivity contribution >= 4 is 17.9 Å². The molecule has 0 aliphatic rings. The Bertz CT molecular complexity index is 520. The summed E-state index contributed by atoms with van der Waals surface area (Å²) in [5, 5.41) is 8.70. The number of benzene rings is 1. The van der Waals surface area contributed by atoms with Crippen molar-refractivity contribution in [2.75, 3.05) is 24.6 Å². The third kappa shape index (κ3) is 4.73. The lowest BCUT2D eigenvalue weighted by Gasteiger charge is -2.24. The molecule has 20 heavy (non-hydrogen) atoms. The van der Waals surface area contributed by atoms with Crippen LogP contribution in [0.1, 0.15) is 29.3 Å². The van der Waals surface area contributed by atoms with E-state index in [2.05, 4.69) is 6.07 Å². The van der Waals surface area contributed by atoms with E-state index in [9.17, 15) is 9.59 Å². The van der Waals surface area contributed by atoms with Gasteiger partial charge in [0.2, 0.25) is 0 Å². The predicted molar refractivity (Wildman–Crippen MR) is 75.6 cm³/mol. The number of hydrogen-bond donors (Lipinski definition) is 0. The number of nitriles is 1. The van der Waals surface area contributed by atoms with Crippen molar-refractivity contribution in [3.8, 4) is 6.07 Å². The van der Waals surface area contributed by atoms with Crippen LogP contribution in [0.2, 0.25) is 0 Å². The van der Waals surface area contributed by atoms with Crippen LogP contribution in [0.25, 0.3) is 0 Å². The molecule has 0 radical (unpaired) electrons. The van der Waals surface area contributed by atoms with Gasteiger partial charge in [-0.15, -0.1) is 0 Å². The quantitative estimate of drug-likeness (QED) is 0.562. The van der Waals surface area contributed by atoms with E-state index < -0.39 is 0 Å². The highest BCUT2D eigenvalue weighted by Gasteiger charge is 2.08. The molecule has 106 valence electrons. The Kier molecular flexibility index (Phi) is 6.24. The Morgan fingerprint density at radius 1 is 1.45 bits per heavy atom. The molecule has 0 saturated heterocycles. The summed E-state index contributed by atoms with van der Waals surface area (Å²) in [4.78, 5) is 23.6. The molecular formula is C15H18N2O3. The second-order valence-electron chi connectivity index (χ2n) is 4.39. The number of esters is 1. The lowest BCUT2D eigenvalue weighted by molar-refractivity contribution is -0.140. The van der Waals surface area contributed by atoms with Crippen LogP contribution in [-0.2, 0) is 9.53 Å². The largest absolute Gasteiger partial charge is 0.464 e. The minimum Gasteiger partial charge on any atom is -0.464 e. The molecule has 0 N–H and O–H groups in total. The van der Waals surface area contributed by atoms with Crippen LogP contribution >= 0.6 is 0 Å². The van der Waals surface area contributed by atoms with E-state index in [4.69, 9.17) is 10.00 Å². The van der Waals surface area contributed by atoms with Crippen LogP contribution < -0.4 is 4.90 Å². The highest BCUT2D eigenvalue weighted by Crippen LogP contribution is 2.18. The number of ether oxygens (including phenoxy) is 1. The number of nitrogens with zero attached hydrogens (tertiary/aromatic N) is 2. The number of rotatable bonds is 7. The normalized spacial score (nSPS) is 9.65. The molecule has 1 aromatic carbocycles. The predicted octanol–water partition coefficient (Wildman–Crippen LogP) is 2.09. The van der Waals surface area contributed by atoms with Gasteiger partial charge in [-0.25, -0.2) is 0 Å². The van der Waals surface area contributed by atoms with E-state index in [-0.39, 0.29) is 12.6 Å². The minimum atomic E-state index is -0.322. The maximum Gasteiger partial charge on any atom is 0.302 e. The molecule has 0 amide bonds. The molecule has 0 unspecified atom stereocenters. The first kappa shape index (κ1) is 15.7. The topological polar surface area (TPSA) is 70.4 Å². The van der Waals surface area contributed by atoms with Gasteiger partial charge in [-0.3, -0.25) is 9.59 Å². The molecule has 0 aliphatic heterocycles. The third-order valence-electron chi connectivity index (χ3n) is 2.91. The highest BCUT2D eigenvalue weighted by molar-refractivity contribution is 5.78. The smallest absolute Gasteiger partial charge is 0.302 e. The van der Waals surface area contributed by atoms with Crippen molar-refractivity contribution in [2.24, 2.45) is 0 Å². The zero-order chi connectivity index (χ0) is 15.0. The molecule has 0 bridgehead atoms. The summed E-state index contributed by atoms with van der Waals surface area (Å²) < 4.78 is 4.93. The van der Waals surface area contributed by atoms with Gasteiger partial charge in [-0.05, 0) is 30.7 Å². The van der Waals surface area contributed by atoms with Crippen molar-refractivity contribution in [3.05, 3.63) is 29.3 Å². The number of aryl methyl sites for hydroxylation is 1. The van der Waals surface area contributed by atoms with E-state index >= 15 is 0 Å². The van der Waals surface area contributed by atoms with Gasteiger partial charge in [-0.1, -0.05) is 0 Å². The Hall–Kier alpha value is -2.35. The van der Waals surface area contributed by atoms with Gasteiger partial charge in [0.05, 0.1) is 19.0 Å². The van der Waals surface area contributed by atoms with E-state index in [1.54, 1.807) is 6.07 Å². The van der Waals surface area contributed by atoms with Gasteiger partial charge in [0.25, 0.3) is 0 Å². The summed E-state index contributed by atoms with van der Waals surface area (Å²) >= 11 is 0. The maximum atomic E-state index is 10.8. The summed E-state index contributed by atoms with van der Waals surface area (Å²) in [7, 11) is 0. The number of carbonyl (C=O) groups excluding carboxylic acids is 2. The van der Waals surface area contributed by atoms with Crippen LogP contribution in [0.3, 0.4) is 0 Å². The molecule has 5 nitrogen and oxygen atoms in total. The average Bonchev–Trinajstić information content (AvgIpc) is 2.42. The first-order chi connectivity index (χ1) is 9.58. The Balaban J connectivity index is 2.81. The summed E-state index contributed by atoms with van der Waals surface area (Å²) in [6.07, 6.45) is 1.20. The lowest BCUT2D eigenvalue weighted by atomic mass is 10.1. The maximum absolute atomic E-state index is 10.8. The Morgan fingerprint density at radius 3 is 2.75 bits per heavy atom. The summed E-state index contributed by atoms with van der Waals surface area (Å²) in [6, 6.07) is 7.58. The van der Waals surface area contributed by atoms with Gasteiger partial charge in [0.1, 0.15) is 12.9 Å². The molecule has 1 aromatic rings. The summed E-state index contributed by atoms with van der Waals surface area (Å²) in [5.41, 5.74) is 2.44. The fraction of sp³-hybridized carbons (Fsp3) is 0.400. The number of anilines is 1. The fourth-order valence-corrected chi connectivity index (χ4v) is 1.84. The van der Waals surface area contributed by atoms with Gasteiger partial charge >= 0.3 is 5.97 Å². The Morgan fingerprint density at radius 2 is 2.20 bits per heavy atom. The second-order valence-corrected chi connectivity index (χ2v) is 4.39. The van der Waals surface area contributed by atoms with Crippen LogP contribution in [-0.4, -0.2) is 32.0 Å². The minimum absolute atomic E-state index is 0.273. The number of hydrogen-bond acceptors (Lipinski definition) is 5. The molecule has 0 fully saturated rings. The highest BCUT2D eigenvalue weighted by atomic mass is 16.5. The van der Waals surface area contributed by atoms with Gasteiger partial charge in [0.15, 0.2) is 0 Å². The van der Waals surface area contributed by atoms with Gasteiger partial charge in [-0.2, -0.15) is 5.26 Å². The molecule has 0 spiro atoms. The van der Waals surface area contributed by atoms with Crippen LogP contribution in [0.5, 0.6) is 0 Å². The van der Waals surface area contributed by atoms with Crippen molar-refractivity contribution in [3.63, 3.8) is 0 Å². The first-order valence-corrected chi connectivity index (χ1v) is 6.39. The van der Waals surface area contributed by atoms with Gasteiger partial charge in [0, 0.05) is 24.7 Å². The third-order valence-corrected chi connectivity index (χ3v) is 2.91. The van der Waals surface area contributed by atoms with Crippen LogP contribution in [0.15, 0.2) is 18.2 Å². The zero-order valence-electron chi connectivity index (χ0n) is 11.8. The molecule has 5 heteroatoms. The standard InChI is InChI=1S/C15H18N2O3/c1-12-10-15(5-4-14(12)11-18)17(7-3-6-16)8-9-20-13(2)19/h4-5,10-11H,3,7-9H2,1-2H3. The van der Waals surface area contributed by atoms with E-state index in [1.807, 2.05) is 24.0 Å². The SMILES string of the molecule is CC(=O)OCCN(CCC#N)c1ccc(C=O)c(C)c1. The zero-order valence-corrected chi connectivity index (χ0v) is 11.8. The number of aldehydes is 1. The monoisotopic (exact) mass is 274 g/mol. The second kappa shape index (κ2) is 7.95. The van der Waals surface area contributed by atoms with Crippen molar-refractivity contribution < 1.29 is 14.3 Å². The lowest BCUT2D eigenvalue weighted by Crippen LogP contribution is -2.29. The molecular weight excluding hydrogens is 256 g/mol. The molecule has 0 heterocycles. The summed E-state index contributed by atoms with van der Waals surface area (Å²) in [6.45, 7) is 4.57. The Labute approximate surface area is 118 Å². The van der Waals surface area contributed by atoms with Crippen molar-refractivity contribution in [2.45, 2.75) is 20.3 Å². The van der Waals surface area contributed by atoms with Crippen LogP contribution in [0, 0.1) is 18.3 Å². The average molecular weight is 274 g/mol. The van der Waals surface area contributed by atoms with Gasteiger partial charge < -0.3 is 9.64 Å². The van der Waals surface area contributed by atoms with Crippen molar-refractivity contribution in [1.29, 1.82) is 5.26 Å². The molecule has 0 aliphatic carbocycles. The van der Waals surface area contributed by atoms with Crippen LogP contribution in [0.4, 0.5) is 5.69 Å². The fourth-order valence-electron chi connectivity index (χ4n) is 1.84. The molecule has 0 saturated carbocycles. The molecule has 1 rings (SSSR count). The molecule has 0 aromatic heterocycles. The molecule has 0 atom stereocenters. The summed E-state index contributed by atoms with van der Waals surface area (Å²) in [5.74, 6) is -0.322. The van der Waals surface area contributed by atoms with E-state index in [1.165, 1.54) is 6.92 Å². The number of carbonyl (C=O) groups is 2. The van der Waals surface area contributed by atoms with Crippen molar-refractivity contribution in [1.82, 2.24) is 0 Å². The van der Waals surface area contributed by atoms with E-state index in [0.717, 1.165) is 17.5 Å². The first-order valence-electron chi connectivity index (χ1n) is 6.39. The van der Waals surface area contributed by atoms with E-state index in [0.29, 0.717) is 25.1 Å².